The van der Waals surface area contributed by atoms with Gasteiger partial charge < -0.3 is 19.5 Å². The van der Waals surface area contributed by atoms with Crippen LogP contribution in [-0.2, 0) is 38.4 Å². The van der Waals surface area contributed by atoms with E-state index in [1.807, 2.05) is 30.3 Å². The predicted molar refractivity (Wildman–Crippen MR) is 125 cm³/mol. The number of carbonyl (C=O) groups is 1. The van der Waals surface area contributed by atoms with Crippen molar-refractivity contribution in [3.05, 3.63) is 89.2 Å². The summed E-state index contributed by atoms with van der Waals surface area (Å²) in [5.41, 5.74) is 1.67. The SMILES string of the molecule is Cc1ncc(COP(=O)(N[C@@H](C)C(=O)OCc2ccccc2)Oc2ccccc2)c(CO)c1O. The van der Waals surface area contributed by atoms with Gasteiger partial charge in [0.15, 0.2) is 0 Å². The highest BCUT2D eigenvalue weighted by atomic mass is 31.2. The van der Waals surface area contributed by atoms with E-state index in [1.165, 1.54) is 13.1 Å². The zero-order chi connectivity index (χ0) is 24.6. The Morgan fingerprint density at radius 2 is 1.74 bits per heavy atom. The Morgan fingerprint density at radius 3 is 2.38 bits per heavy atom. The topological polar surface area (TPSA) is 127 Å². The lowest BCUT2D eigenvalue weighted by Gasteiger charge is -2.23. The highest BCUT2D eigenvalue weighted by Gasteiger charge is 2.33. The Hall–Kier alpha value is -3.23. The molecule has 0 aliphatic heterocycles. The highest BCUT2D eigenvalue weighted by Crippen LogP contribution is 2.46. The molecule has 1 aromatic heterocycles. The normalized spacial score (nSPS) is 13.6. The second-order valence-corrected chi connectivity index (χ2v) is 9.17. The summed E-state index contributed by atoms with van der Waals surface area (Å²) in [7, 11) is -4.11. The van der Waals surface area contributed by atoms with E-state index < -0.39 is 26.4 Å². The van der Waals surface area contributed by atoms with Crippen molar-refractivity contribution in [2.24, 2.45) is 0 Å². The van der Waals surface area contributed by atoms with Gasteiger partial charge in [0.05, 0.1) is 18.9 Å². The molecular formula is C24H27N2O7P. The van der Waals surface area contributed by atoms with Gasteiger partial charge in [-0.1, -0.05) is 48.5 Å². The minimum absolute atomic E-state index is 0.0601. The Balaban J connectivity index is 1.74. The van der Waals surface area contributed by atoms with Gasteiger partial charge in [0.2, 0.25) is 0 Å². The number of nitrogens with one attached hydrogen (secondary N) is 1. The smallest absolute Gasteiger partial charge is 0.459 e. The summed E-state index contributed by atoms with van der Waals surface area (Å²) in [6.45, 7) is 2.36. The summed E-state index contributed by atoms with van der Waals surface area (Å²) in [6.07, 6.45) is 1.41. The van der Waals surface area contributed by atoms with Gasteiger partial charge in [0.25, 0.3) is 0 Å². The van der Waals surface area contributed by atoms with Gasteiger partial charge in [-0.15, -0.1) is 0 Å². The lowest BCUT2D eigenvalue weighted by Crippen LogP contribution is -2.35. The van der Waals surface area contributed by atoms with Crippen LogP contribution in [0.4, 0.5) is 0 Å². The van der Waals surface area contributed by atoms with Crippen LogP contribution in [0.25, 0.3) is 0 Å². The molecular weight excluding hydrogens is 459 g/mol. The Morgan fingerprint density at radius 1 is 1.09 bits per heavy atom. The number of aryl methyl sites for hydroxylation is 1. The van der Waals surface area contributed by atoms with Gasteiger partial charge in [-0.3, -0.25) is 14.3 Å². The predicted octanol–water partition coefficient (Wildman–Crippen LogP) is 4.01. The molecule has 0 bridgehead atoms. The summed E-state index contributed by atoms with van der Waals surface area (Å²) in [6, 6.07) is 16.5. The number of hydrogen-bond acceptors (Lipinski definition) is 8. The molecule has 0 spiro atoms. The number of para-hydroxylation sites is 1. The number of ether oxygens (including phenoxy) is 1. The van der Waals surface area contributed by atoms with Gasteiger partial charge in [-0.2, -0.15) is 5.09 Å². The Kier molecular flexibility index (Phi) is 8.79. The lowest BCUT2D eigenvalue weighted by molar-refractivity contribution is -0.146. The Bertz CT molecular complexity index is 1140. The summed E-state index contributed by atoms with van der Waals surface area (Å²) < 4.78 is 30.1. The molecule has 0 amide bonds. The molecule has 0 aliphatic rings. The van der Waals surface area contributed by atoms with Gasteiger partial charge in [-0.05, 0) is 31.5 Å². The minimum atomic E-state index is -4.11. The van der Waals surface area contributed by atoms with E-state index in [0.29, 0.717) is 11.3 Å². The van der Waals surface area contributed by atoms with Crippen molar-refractivity contribution in [1.82, 2.24) is 10.1 Å². The number of aliphatic hydroxyl groups is 1. The number of benzene rings is 2. The first-order chi connectivity index (χ1) is 16.3. The van der Waals surface area contributed by atoms with Crippen LogP contribution in [0.15, 0.2) is 66.9 Å². The number of rotatable bonds is 11. The molecule has 2 atom stereocenters. The summed E-state index contributed by atoms with van der Waals surface area (Å²) in [5, 5.41) is 22.4. The zero-order valence-corrected chi connectivity index (χ0v) is 19.8. The maximum absolute atomic E-state index is 13.6. The molecule has 3 N–H and O–H groups in total. The lowest BCUT2D eigenvalue weighted by atomic mass is 10.1. The maximum Gasteiger partial charge on any atom is 0.459 e. The van der Waals surface area contributed by atoms with Crippen molar-refractivity contribution in [3.8, 4) is 11.5 Å². The van der Waals surface area contributed by atoms with E-state index >= 15 is 0 Å². The minimum Gasteiger partial charge on any atom is -0.506 e. The number of hydrogen-bond donors (Lipinski definition) is 3. The van der Waals surface area contributed by atoms with E-state index in [2.05, 4.69) is 10.1 Å². The molecule has 0 fully saturated rings. The molecule has 10 heteroatoms. The van der Waals surface area contributed by atoms with Gasteiger partial charge in [-0.25, -0.2) is 4.57 Å². The third kappa shape index (κ3) is 6.88. The molecule has 180 valence electrons. The van der Waals surface area contributed by atoms with E-state index in [0.717, 1.165) is 5.56 Å². The van der Waals surface area contributed by atoms with E-state index in [9.17, 15) is 19.6 Å². The second-order valence-electron chi connectivity index (χ2n) is 7.47. The van der Waals surface area contributed by atoms with Crippen molar-refractivity contribution < 1.29 is 33.4 Å². The van der Waals surface area contributed by atoms with Crippen molar-refractivity contribution >= 4 is 13.7 Å². The van der Waals surface area contributed by atoms with Crippen LogP contribution in [0.5, 0.6) is 11.5 Å². The first-order valence-corrected chi connectivity index (χ1v) is 12.1. The molecule has 1 heterocycles. The molecule has 34 heavy (non-hydrogen) atoms. The van der Waals surface area contributed by atoms with E-state index in [-0.39, 0.29) is 30.3 Å². The molecule has 0 radical (unpaired) electrons. The molecule has 0 saturated carbocycles. The van der Waals surface area contributed by atoms with Crippen LogP contribution >= 0.6 is 7.75 Å². The molecule has 2 aromatic carbocycles. The Labute approximate surface area is 197 Å². The largest absolute Gasteiger partial charge is 0.506 e. The fourth-order valence-corrected chi connectivity index (χ4v) is 4.46. The van der Waals surface area contributed by atoms with E-state index in [1.54, 1.807) is 37.3 Å². The van der Waals surface area contributed by atoms with Crippen LogP contribution in [0.2, 0.25) is 0 Å². The first-order valence-electron chi connectivity index (χ1n) is 10.6. The first kappa shape index (κ1) is 25.4. The average Bonchev–Trinajstić information content (AvgIpc) is 2.84. The highest BCUT2D eigenvalue weighted by molar-refractivity contribution is 7.52. The number of esters is 1. The third-order valence-electron chi connectivity index (χ3n) is 4.88. The quantitative estimate of drug-likeness (QED) is 0.272. The van der Waals surface area contributed by atoms with Gasteiger partial charge >= 0.3 is 13.7 Å². The molecule has 1 unspecified atom stereocenters. The number of pyridine rings is 1. The number of nitrogens with zero attached hydrogens (tertiary/aromatic N) is 1. The summed E-state index contributed by atoms with van der Waals surface area (Å²) in [4.78, 5) is 16.6. The molecule has 9 nitrogen and oxygen atoms in total. The van der Waals surface area contributed by atoms with Crippen molar-refractivity contribution in [2.45, 2.75) is 39.7 Å². The van der Waals surface area contributed by atoms with Crippen LogP contribution in [0.1, 0.15) is 29.3 Å². The molecule has 0 aliphatic carbocycles. The third-order valence-corrected chi connectivity index (χ3v) is 6.50. The second kappa shape index (κ2) is 11.8. The zero-order valence-electron chi connectivity index (χ0n) is 18.9. The fraction of sp³-hybridized carbons (Fsp3) is 0.250. The summed E-state index contributed by atoms with van der Waals surface area (Å²) in [5.74, 6) is -0.557. The average molecular weight is 486 g/mol. The van der Waals surface area contributed by atoms with Crippen LogP contribution < -0.4 is 9.61 Å². The number of carbonyl (C=O) groups excluding carboxylic acids is 1. The molecule has 0 saturated heterocycles. The van der Waals surface area contributed by atoms with Crippen LogP contribution in [0.3, 0.4) is 0 Å². The van der Waals surface area contributed by atoms with Crippen molar-refractivity contribution in [3.63, 3.8) is 0 Å². The fourth-order valence-electron chi connectivity index (χ4n) is 2.99. The summed E-state index contributed by atoms with van der Waals surface area (Å²) >= 11 is 0. The van der Waals surface area contributed by atoms with Crippen LogP contribution in [0, 0.1) is 6.92 Å². The molecule has 3 aromatic rings. The number of aliphatic hydroxyl groups excluding tert-OH is 1. The molecule has 3 rings (SSSR count). The van der Waals surface area contributed by atoms with Crippen molar-refractivity contribution in [2.75, 3.05) is 0 Å². The monoisotopic (exact) mass is 486 g/mol. The van der Waals surface area contributed by atoms with Crippen molar-refractivity contribution in [1.29, 1.82) is 0 Å². The number of aromatic hydroxyl groups is 1. The number of aromatic nitrogens is 1. The van der Waals surface area contributed by atoms with Crippen LogP contribution in [-0.4, -0.2) is 27.2 Å². The van der Waals surface area contributed by atoms with Gasteiger partial charge in [0, 0.05) is 17.3 Å². The van der Waals surface area contributed by atoms with Gasteiger partial charge in [0.1, 0.15) is 24.1 Å². The standard InChI is InChI=1S/C24H27N2O7P/c1-17-23(28)22(14-27)20(13-25-17)16-32-34(30,33-21-11-7-4-8-12-21)26-18(2)24(29)31-15-19-9-5-3-6-10-19/h3-13,18,27-28H,14-16H2,1-2H3,(H,26,30)/t18-,34?/m0/s1. The maximum atomic E-state index is 13.6. The van der Waals surface area contributed by atoms with E-state index in [4.69, 9.17) is 13.8 Å².